The van der Waals surface area contributed by atoms with Gasteiger partial charge in [-0.2, -0.15) is 0 Å². The smallest absolute Gasteiger partial charge is 0.224 e. The van der Waals surface area contributed by atoms with Gasteiger partial charge < -0.3 is 10.6 Å². The lowest BCUT2D eigenvalue weighted by molar-refractivity contribution is -0.124. The fraction of sp³-hybridized carbons (Fsp3) is 0.417. The summed E-state index contributed by atoms with van der Waals surface area (Å²) >= 11 is 3.37. The second-order valence-corrected chi connectivity index (χ2v) is 4.72. The predicted molar refractivity (Wildman–Crippen MR) is 69.1 cm³/mol. The fourth-order valence-corrected chi connectivity index (χ4v) is 1.63. The van der Waals surface area contributed by atoms with E-state index in [0.717, 1.165) is 10.0 Å². The third-order valence-corrected chi connectivity index (χ3v) is 2.87. The zero-order chi connectivity index (χ0) is 12.0. The monoisotopic (exact) mass is 284 g/mol. The number of nitrogens with one attached hydrogen (secondary N) is 2. The molecule has 1 aromatic carbocycles. The summed E-state index contributed by atoms with van der Waals surface area (Å²) < 4.78 is 1.05. The molecule has 1 atom stereocenters. The first kappa shape index (κ1) is 13.2. The van der Waals surface area contributed by atoms with E-state index in [-0.39, 0.29) is 11.8 Å². The lowest BCUT2D eigenvalue weighted by Gasteiger charge is -2.11. The van der Waals surface area contributed by atoms with Gasteiger partial charge in [0, 0.05) is 23.5 Å². The van der Waals surface area contributed by atoms with Crippen molar-refractivity contribution in [2.75, 3.05) is 13.6 Å². The summed E-state index contributed by atoms with van der Waals surface area (Å²) in [7, 11) is 1.85. The van der Waals surface area contributed by atoms with Crippen molar-refractivity contribution in [3.05, 3.63) is 34.3 Å². The molecule has 0 saturated carbocycles. The van der Waals surface area contributed by atoms with Gasteiger partial charge in [-0.3, -0.25) is 4.79 Å². The number of halogens is 1. The van der Waals surface area contributed by atoms with Crippen molar-refractivity contribution in [2.45, 2.75) is 13.5 Å². The van der Waals surface area contributed by atoms with Gasteiger partial charge in [-0.15, -0.1) is 0 Å². The molecule has 1 unspecified atom stereocenters. The normalized spacial score (nSPS) is 12.2. The summed E-state index contributed by atoms with van der Waals surface area (Å²) in [6.45, 7) is 3.19. The van der Waals surface area contributed by atoms with E-state index in [1.54, 1.807) is 0 Å². The molecule has 0 aliphatic carbocycles. The predicted octanol–water partition coefficient (Wildman–Crippen LogP) is 1.92. The standard InChI is InChI=1S/C12H17BrN2O/c1-9(7-14-2)12(16)15-8-10-3-5-11(13)6-4-10/h3-6,9,14H,7-8H2,1-2H3,(H,15,16). The maximum absolute atomic E-state index is 11.6. The minimum absolute atomic E-state index is 0.000415. The first-order chi connectivity index (χ1) is 7.63. The Morgan fingerprint density at radius 3 is 2.56 bits per heavy atom. The van der Waals surface area contributed by atoms with Crippen LogP contribution in [0.3, 0.4) is 0 Å². The van der Waals surface area contributed by atoms with Crippen molar-refractivity contribution < 1.29 is 4.79 Å². The van der Waals surface area contributed by atoms with Gasteiger partial charge in [0.25, 0.3) is 0 Å². The van der Waals surface area contributed by atoms with Crippen molar-refractivity contribution in [2.24, 2.45) is 5.92 Å². The average molecular weight is 285 g/mol. The molecule has 0 aliphatic heterocycles. The summed E-state index contributed by atoms with van der Waals surface area (Å²) in [4.78, 5) is 11.6. The fourth-order valence-electron chi connectivity index (χ4n) is 1.36. The highest BCUT2D eigenvalue weighted by atomic mass is 79.9. The summed E-state index contributed by atoms with van der Waals surface area (Å²) in [5.41, 5.74) is 1.10. The molecule has 88 valence electrons. The van der Waals surface area contributed by atoms with Crippen LogP contribution < -0.4 is 10.6 Å². The molecule has 0 aromatic heterocycles. The Morgan fingerprint density at radius 2 is 2.00 bits per heavy atom. The minimum Gasteiger partial charge on any atom is -0.352 e. The van der Waals surface area contributed by atoms with Gasteiger partial charge in [-0.1, -0.05) is 35.0 Å². The Bertz CT molecular complexity index is 337. The summed E-state index contributed by atoms with van der Waals surface area (Å²) in [6.07, 6.45) is 0. The van der Waals surface area contributed by atoms with E-state index in [1.165, 1.54) is 0 Å². The van der Waals surface area contributed by atoms with E-state index in [9.17, 15) is 4.79 Å². The van der Waals surface area contributed by atoms with Crippen LogP contribution in [0.25, 0.3) is 0 Å². The van der Waals surface area contributed by atoms with Crippen molar-refractivity contribution in [3.8, 4) is 0 Å². The van der Waals surface area contributed by atoms with Crippen LogP contribution in [0.15, 0.2) is 28.7 Å². The number of carbonyl (C=O) groups is 1. The highest BCUT2D eigenvalue weighted by molar-refractivity contribution is 9.10. The molecule has 16 heavy (non-hydrogen) atoms. The largest absolute Gasteiger partial charge is 0.352 e. The second-order valence-electron chi connectivity index (χ2n) is 3.80. The third kappa shape index (κ3) is 4.33. The summed E-state index contributed by atoms with van der Waals surface area (Å²) in [6, 6.07) is 7.93. The minimum atomic E-state index is 0.000415. The van der Waals surface area contributed by atoms with Gasteiger partial charge in [0.15, 0.2) is 0 Å². The Balaban J connectivity index is 2.39. The number of amides is 1. The lowest BCUT2D eigenvalue weighted by atomic mass is 10.1. The molecule has 0 bridgehead atoms. The van der Waals surface area contributed by atoms with Crippen LogP contribution in [0.4, 0.5) is 0 Å². The first-order valence-corrected chi connectivity index (χ1v) is 6.09. The van der Waals surface area contributed by atoms with E-state index in [4.69, 9.17) is 0 Å². The zero-order valence-corrected chi connectivity index (χ0v) is 11.2. The Labute approximate surface area is 105 Å². The van der Waals surface area contributed by atoms with E-state index >= 15 is 0 Å². The molecule has 3 nitrogen and oxygen atoms in total. The molecule has 4 heteroatoms. The molecule has 2 N–H and O–H groups in total. The van der Waals surface area contributed by atoms with E-state index < -0.39 is 0 Å². The third-order valence-electron chi connectivity index (χ3n) is 2.34. The topological polar surface area (TPSA) is 41.1 Å². The number of hydrogen-bond donors (Lipinski definition) is 2. The number of rotatable bonds is 5. The van der Waals surface area contributed by atoms with Gasteiger partial charge in [0.05, 0.1) is 0 Å². The SMILES string of the molecule is CNCC(C)C(=O)NCc1ccc(Br)cc1. The van der Waals surface area contributed by atoms with Crippen molar-refractivity contribution in [3.63, 3.8) is 0 Å². The second kappa shape index (κ2) is 6.66. The molecular weight excluding hydrogens is 268 g/mol. The molecular formula is C12H17BrN2O. The van der Waals surface area contributed by atoms with Gasteiger partial charge in [0.1, 0.15) is 0 Å². The Hall–Kier alpha value is -0.870. The molecule has 0 saturated heterocycles. The molecule has 0 fully saturated rings. The number of hydrogen-bond acceptors (Lipinski definition) is 2. The van der Waals surface area contributed by atoms with Crippen molar-refractivity contribution in [1.82, 2.24) is 10.6 Å². The highest BCUT2D eigenvalue weighted by Gasteiger charge is 2.10. The van der Waals surface area contributed by atoms with Crippen LogP contribution in [-0.2, 0) is 11.3 Å². The van der Waals surface area contributed by atoms with Crippen LogP contribution >= 0.6 is 15.9 Å². The van der Waals surface area contributed by atoms with Crippen molar-refractivity contribution >= 4 is 21.8 Å². The lowest BCUT2D eigenvalue weighted by Crippen LogP contribution is -2.33. The van der Waals surface area contributed by atoms with E-state index in [2.05, 4.69) is 26.6 Å². The molecule has 0 radical (unpaired) electrons. The molecule has 1 aromatic rings. The van der Waals surface area contributed by atoms with Gasteiger partial charge in [0.2, 0.25) is 5.91 Å². The van der Waals surface area contributed by atoms with Gasteiger partial charge >= 0.3 is 0 Å². The number of benzene rings is 1. The van der Waals surface area contributed by atoms with Gasteiger partial charge in [-0.05, 0) is 24.7 Å². The van der Waals surface area contributed by atoms with Crippen LogP contribution in [0.1, 0.15) is 12.5 Å². The van der Waals surface area contributed by atoms with Gasteiger partial charge in [-0.25, -0.2) is 0 Å². The molecule has 1 rings (SSSR count). The molecule has 0 heterocycles. The first-order valence-electron chi connectivity index (χ1n) is 5.30. The molecule has 0 aliphatic rings. The quantitative estimate of drug-likeness (QED) is 0.868. The zero-order valence-electron chi connectivity index (χ0n) is 9.59. The van der Waals surface area contributed by atoms with Crippen molar-refractivity contribution in [1.29, 1.82) is 0 Å². The summed E-state index contributed by atoms with van der Waals surface area (Å²) in [5.74, 6) is 0.0812. The Kier molecular flexibility index (Phi) is 5.49. The van der Waals surface area contributed by atoms with E-state index in [0.29, 0.717) is 13.1 Å². The highest BCUT2D eigenvalue weighted by Crippen LogP contribution is 2.10. The van der Waals surface area contributed by atoms with Crippen LogP contribution in [0.2, 0.25) is 0 Å². The Morgan fingerprint density at radius 1 is 1.38 bits per heavy atom. The molecule has 0 spiro atoms. The summed E-state index contributed by atoms with van der Waals surface area (Å²) in [5, 5.41) is 5.90. The maximum atomic E-state index is 11.6. The van der Waals surface area contributed by atoms with Crippen LogP contribution in [0.5, 0.6) is 0 Å². The maximum Gasteiger partial charge on any atom is 0.224 e. The van der Waals surface area contributed by atoms with Crippen LogP contribution in [0, 0.1) is 5.92 Å². The molecule has 1 amide bonds. The number of carbonyl (C=O) groups excluding carboxylic acids is 1. The average Bonchev–Trinajstić information content (AvgIpc) is 2.28. The van der Waals surface area contributed by atoms with E-state index in [1.807, 2.05) is 38.2 Å². The van der Waals surface area contributed by atoms with Crippen LogP contribution in [-0.4, -0.2) is 19.5 Å².